The Morgan fingerprint density at radius 1 is 0.862 bits per heavy atom. The molecule has 1 saturated heterocycles. The fourth-order valence-corrected chi connectivity index (χ4v) is 3.69. The van der Waals surface area contributed by atoms with E-state index in [1.807, 2.05) is 60.7 Å². The summed E-state index contributed by atoms with van der Waals surface area (Å²) in [6, 6.07) is 25.1. The smallest absolute Gasteiger partial charge is 0.300 e. The number of benzene rings is 3. The number of nitrogens with zero attached hydrogens (tertiary/aromatic N) is 1. The molecule has 1 unspecified atom stereocenters. The predicted octanol–water partition coefficient (Wildman–Crippen LogP) is 4.88. The lowest BCUT2D eigenvalue weighted by molar-refractivity contribution is -0.132. The lowest BCUT2D eigenvalue weighted by Gasteiger charge is -2.25. The highest BCUT2D eigenvalue weighted by Gasteiger charge is 2.46. The average Bonchev–Trinajstić information content (AvgIpc) is 3.05. The van der Waals surface area contributed by atoms with Gasteiger partial charge in [-0.1, -0.05) is 79.7 Å². The van der Waals surface area contributed by atoms with Gasteiger partial charge in [-0.05, 0) is 29.7 Å². The zero-order valence-electron chi connectivity index (χ0n) is 16.1. The lowest BCUT2D eigenvalue weighted by atomic mass is 9.95. The van der Waals surface area contributed by atoms with Gasteiger partial charge in [0.25, 0.3) is 11.7 Å². The largest absolute Gasteiger partial charge is 0.507 e. The quantitative estimate of drug-likeness (QED) is 0.397. The van der Waals surface area contributed by atoms with Crippen LogP contribution in [-0.4, -0.2) is 16.8 Å². The molecule has 144 valence electrons. The van der Waals surface area contributed by atoms with Crippen LogP contribution in [0.1, 0.15) is 29.7 Å². The summed E-state index contributed by atoms with van der Waals surface area (Å²) in [6.45, 7) is 2.05. The van der Waals surface area contributed by atoms with Gasteiger partial charge < -0.3 is 5.11 Å². The molecule has 1 aliphatic rings. The fraction of sp³-hybridized carbons (Fsp3) is 0.120. The van der Waals surface area contributed by atoms with Crippen LogP contribution in [0.3, 0.4) is 0 Å². The predicted molar refractivity (Wildman–Crippen MR) is 113 cm³/mol. The Kier molecular flexibility index (Phi) is 5.00. The van der Waals surface area contributed by atoms with E-state index in [0.29, 0.717) is 11.3 Å². The Labute approximate surface area is 169 Å². The first kappa shape index (κ1) is 18.7. The van der Waals surface area contributed by atoms with Gasteiger partial charge in [-0.3, -0.25) is 14.5 Å². The maximum absolute atomic E-state index is 13.0. The maximum Gasteiger partial charge on any atom is 0.300 e. The van der Waals surface area contributed by atoms with Crippen LogP contribution < -0.4 is 4.90 Å². The van der Waals surface area contributed by atoms with Crippen molar-refractivity contribution in [1.29, 1.82) is 0 Å². The standard InChI is InChI=1S/C25H21NO3/c1-2-17-13-15-19(16-14-17)23(27)21-22(18-9-5-3-6-10-18)26(25(29)24(21)28)20-11-7-4-8-12-20/h3-16,22,27H,2H2,1H3/b23-21-. The first-order chi connectivity index (χ1) is 14.1. The number of anilines is 1. The maximum atomic E-state index is 13.0. The van der Waals surface area contributed by atoms with Crippen molar-refractivity contribution in [2.24, 2.45) is 0 Å². The van der Waals surface area contributed by atoms with E-state index in [0.717, 1.165) is 17.5 Å². The van der Waals surface area contributed by atoms with E-state index >= 15 is 0 Å². The van der Waals surface area contributed by atoms with Crippen LogP contribution in [0.5, 0.6) is 0 Å². The lowest BCUT2D eigenvalue weighted by Crippen LogP contribution is -2.29. The minimum absolute atomic E-state index is 0.106. The molecule has 0 radical (unpaired) electrons. The van der Waals surface area contributed by atoms with Gasteiger partial charge in [0.2, 0.25) is 0 Å². The normalized spacial score (nSPS) is 18.2. The van der Waals surface area contributed by atoms with Gasteiger partial charge >= 0.3 is 0 Å². The fourth-order valence-electron chi connectivity index (χ4n) is 3.69. The highest BCUT2D eigenvalue weighted by Crippen LogP contribution is 2.41. The molecule has 1 aliphatic heterocycles. The number of aryl methyl sites for hydroxylation is 1. The Balaban J connectivity index is 1.91. The molecule has 0 spiro atoms. The zero-order chi connectivity index (χ0) is 20.4. The van der Waals surface area contributed by atoms with Crippen LogP contribution >= 0.6 is 0 Å². The molecule has 0 aromatic heterocycles. The van der Waals surface area contributed by atoms with Crippen molar-refractivity contribution < 1.29 is 14.7 Å². The number of aliphatic hydroxyl groups is 1. The van der Waals surface area contributed by atoms with Crippen molar-refractivity contribution in [3.8, 4) is 0 Å². The number of para-hydroxylation sites is 1. The number of Topliss-reactive ketones (excluding diaryl/α,β-unsaturated/α-hetero) is 1. The Bertz CT molecular complexity index is 1070. The summed E-state index contributed by atoms with van der Waals surface area (Å²) in [7, 11) is 0. The monoisotopic (exact) mass is 383 g/mol. The minimum atomic E-state index is -0.690. The third-order valence-electron chi connectivity index (χ3n) is 5.23. The van der Waals surface area contributed by atoms with Crippen LogP contribution in [0.25, 0.3) is 5.76 Å². The molecule has 29 heavy (non-hydrogen) atoms. The SMILES string of the molecule is CCc1ccc(/C(O)=C2/C(=O)C(=O)N(c3ccccc3)C2c2ccccc2)cc1. The Hall–Kier alpha value is -3.66. The van der Waals surface area contributed by atoms with E-state index in [4.69, 9.17) is 0 Å². The Morgan fingerprint density at radius 3 is 2.03 bits per heavy atom. The first-order valence-electron chi connectivity index (χ1n) is 9.62. The topological polar surface area (TPSA) is 57.6 Å². The van der Waals surface area contributed by atoms with Crippen LogP contribution in [-0.2, 0) is 16.0 Å². The molecule has 0 bridgehead atoms. The van der Waals surface area contributed by atoms with Gasteiger partial charge in [0.05, 0.1) is 11.6 Å². The molecule has 0 saturated carbocycles. The number of amides is 1. The van der Waals surface area contributed by atoms with E-state index in [1.165, 1.54) is 4.90 Å². The van der Waals surface area contributed by atoms with E-state index in [9.17, 15) is 14.7 Å². The van der Waals surface area contributed by atoms with Gasteiger partial charge in [-0.25, -0.2) is 0 Å². The number of hydrogen-bond acceptors (Lipinski definition) is 3. The summed E-state index contributed by atoms with van der Waals surface area (Å²) < 4.78 is 0. The number of aliphatic hydroxyl groups excluding tert-OH is 1. The molecule has 3 aromatic carbocycles. The highest BCUT2D eigenvalue weighted by molar-refractivity contribution is 6.51. The molecule has 3 aromatic rings. The highest BCUT2D eigenvalue weighted by atomic mass is 16.3. The summed E-state index contributed by atoms with van der Waals surface area (Å²) in [4.78, 5) is 27.4. The number of rotatable bonds is 4. The van der Waals surface area contributed by atoms with Crippen molar-refractivity contribution in [2.75, 3.05) is 4.90 Å². The molecule has 1 heterocycles. The van der Waals surface area contributed by atoms with Crippen molar-refractivity contribution >= 4 is 23.1 Å². The van der Waals surface area contributed by atoms with E-state index in [2.05, 4.69) is 6.92 Å². The van der Waals surface area contributed by atoms with Crippen LogP contribution in [0.4, 0.5) is 5.69 Å². The van der Waals surface area contributed by atoms with Gasteiger partial charge in [0.15, 0.2) is 0 Å². The van der Waals surface area contributed by atoms with Crippen LogP contribution in [0, 0.1) is 0 Å². The third kappa shape index (κ3) is 3.34. The molecule has 1 amide bonds. The van der Waals surface area contributed by atoms with Gasteiger partial charge in [-0.2, -0.15) is 0 Å². The second-order valence-corrected chi connectivity index (χ2v) is 6.97. The molecule has 1 atom stereocenters. The zero-order valence-corrected chi connectivity index (χ0v) is 16.1. The summed E-state index contributed by atoms with van der Waals surface area (Å²) >= 11 is 0. The van der Waals surface area contributed by atoms with Crippen molar-refractivity contribution in [3.63, 3.8) is 0 Å². The number of ketones is 1. The molecular weight excluding hydrogens is 362 g/mol. The second-order valence-electron chi connectivity index (χ2n) is 6.97. The molecule has 4 rings (SSSR count). The van der Waals surface area contributed by atoms with Crippen LogP contribution in [0.2, 0.25) is 0 Å². The van der Waals surface area contributed by atoms with Gasteiger partial charge in [-0.15, -0.1) is 0 Å². The van der Waals surface area contributed by atoms with E-state index < -0.39 is 17.7 Å². The van der Waals surface area contributed by atoms with Gasteiger partial charge in [0, 0.05) is 11.3 Å². The molecule has 4 heteroatoms. The summed E-state index contributed by atoms with van der Waals surface area (Å²) in [5.41, 5.74) is 3.14. The van der Waals surface area contributed by atoms with E-state index in [1.54, 1.807) is 24.3 Å². The van der Waals surface area contributed by atoms with Crippen molar-refractivity contribution in [3.05, 3.63) is 107 Å². The third-order valence-corrected chi connectivity index (χ3v) is 5.23. The van der Waals surface area contributed by atoms with Gasteiger partial charge in [0.1, 0.15) is 5.76 Å². The van der Waals surface area contributed by atoms with E-state index in [-0.39, 0.29) is 11.3 Å². The first-order valence-corrected chi connectivity index (χ1v) is 9.62. The molecule has 0 aliphatic carbocycles. The molecule has 1 N–H and O–H groups in total. The Morgan fingerprint density at radius 2 is 1.45 bits per heavy atom. The number of carbonyl (C=O) groups excluding carboxylic acids is 2. The number of hydrogen-bond donors (Lipinski definition) is 1. The molecule has 4 nitrogen and oxygen atoms in total. The minimum Gasteiger partial charge on any atom is -0.507 e. The van der Waals surface area contributed by atoms with Crippen molar-refractivity contribution in [1.82, 2.24) is 0 Å². The average molecular weight is 383 g/mol. The second kappa shape index (κ2) is 7.76. The van der Waals surface area contributed by atoms with Crippen LogP contribution in [0.15, 0.2) is 90.5 Å². The van der Waals surface area contributed by atoms with Crippen molar-refractivity contribution in [2.45, 2.75) is 19.4 Å². The number of carbonyl (C=O) groups is 2. The molecule has 1 fully saturated rings. The molecular formula is C25H21NO3. The summed E-state index contributed by atoms with van der Waals surface area (Å²) in [5, 5.41) is 11.0. The summed E-state index contributed by atoms with van der Waals surface area (Å²) in [5.74, 6) is -1.48. The summed E-state index contributed by atoms with van der Waals surface area (Å²) in [6.07, 6.45) is 0.878.